The first-order valence-electron chi connectivity index (χ1n) is 7.33. The van der Waals surface area contributed by atoms with Crippen LogP contribution in [0.25, 0.3) is 0 Å². The molecule has 0 aromatic carbocycles. The Hall–Kier alpha value is -0.920. The Morgan fingerprint density at radius 2 is 2.00 bits per heavy atom. The molecular formula is C14H23BrN4O2. The van der Waals surface area contributed by atoms with Crippen molar-refractivity contribution in [2.45, 2.75) is 32.9 Å². The van der Waals surface area contributed by atoms with Crippen LogP contribution >= 0.6 is 15.9 Å². The van der Waals surface area contributed by atoms with E-state index in [1.165, 1.54) is 5.69 Å². The summed E-state index contributed by atoms with van der Waals surface area (Å²) in [6.45, 7) is 8.06. The predicted molar refractivity (Wildman–Crippen MR) is 84.2 cm³/mol. The van der Waals surface area contributed by atoms with Gasteiger partial charge < -0.3 is 5.11 Å². The van der Waals surface area contributed by atoms with Crippen molar-refractivity contribution in [3.05, 3.63) is 15.9 Å². The van der Waals surface area contributed by atoms with Crippen LogP contribution in [0.2, 0.25) is 0 Å². The van der Waals surface area contributed by atoms with Gasteiger partial charge in [0.15, 0.2) is 0 Å². The minimum atomic E-state index is -0.745. The molecule has 0 amide bonds. The average Bonchev–Trinajstić information content (AvgIpc) is 2.74. The maximum Gasteiger partial charge on any atom is 0.320 e. The number of halogens is 1. The quantitative estimate of drug-likeness (QED) is 0.860. The number of hydrogen-bond donors (Lipinski definition) is 1. The smallest absolute Gasteiger partial charge is 0.320 e. The summed E-state index contributed by atoms with van der Waals surface area (Å²) >= 11 is 3.65. The fraction of sp³-hybridized carbons (Fsp3) is 0.714. The van der Waals surface area contributed by atoms with E-state index in [9.17, 15) is 4.79 Å². The van der Waals surface area contributed by atoms with E-state index in [4.69, 9.17) is 5.11 Å². The van der Waals surface area contributed by atoms with Crippen molar-refractivity contribution in [3.8, 4) is 0 Å². The van der Waals surface area contributed by atoms with Gasteiger partial charge in [0.2, 0.25) is 0 Å². The largest absolute Gasteiger partial charge is 0.480 e. The molecule has 21 heavy (non-hydrogen) atoms. The van der Waals surface area contributed by atoms with Crippen LogP contribution in [0.15, 0.2) is 4.47 Å². The molecule has 1 aromatic heterocycles. The minimum absolute atomic E-state index is 0.401. The molecule has 0 spiro atoms. The van der Waals surface area contributed by atoms with Gasteiger partial charge in [-0.15, -0.1) is 0 Å². The summed E-state index contributed by atoms with van der Waals surface area (Å²) in [6.07, 6.45) is 0.915. The van der Waals surface area contributed by atoms with Crippen LogP contribution < -0.4 is 0 Å². The number of piperazine rings is 1. The van der Waals surface area contributed by atoms with Crippen LogP contribution in [0.1, 0.15) is 25.2 Å². The van der Waals surface area contributed by atoms with Crippen molar-refractivity contribution in [2.75, 3.05) is 26.2 Å². The van der Waals surface area contributed by atoms with Crippen molar-refractivity contribution in [3.63, 3.8) is 0 Å². The lowest BCUT2D eigenvalue weighted by Gasteiger charge is -2.36. The molecule has 1 saturated heterocycles. The Morgan fingerprint density at radius 1 is 1.38 bits per heavy atom. The molecule has 1 fully saturated rings. The van der Waals surface area contributed by atoms with Gasteiger partial charge in [0.25, 0.3) is 0 Å². The SMILES string of the molecule is CCc1nn(C)c(CN2CCN(C(C)C(=O)O)CC2)c1Br. The zero-order valence-electron chi connectivity index (χ0n) is 12.8. The summed E-state index contributed by atoms with van der Waals surface area (Å²) in [6, 6.07) is -0.401. The fourth-order valence-electron chi connectivity index (χ4n) is 2.67. The van der Waals surface area contributed by atoms with Crippen molar-refractivity contribution >= 4 is 21.9 Å². The molecule has 0 saturated carbocycles. The molecule has 1 aromatic rings. The third kappa shape index (κ3) is 3.64. The number of nitrogens with zero attached hydrogens (tertiary/aromatic N) is 4. The van der Waals surface area contributed by atoms with E-state index in [1.807, 2.05) is 16.6 Å². The highest BCUT2D eigenvalue weighted by Gasteiger charge is 2.26. The second-order valence-electron chi connectivity index (χ2n) is 5.51. The Labute approximate surface area is 133 Å². The van der Waals surface area contributed by atoms with Gasteiger partial charge in [-0.25, -0.2) is 0 Å². The molecule has 1 aliphatic rings. The molecule has 2 heterocycles. The van der Waals surface area contributed by atoms with Gasteiger partial charge in [-0.2, -0.15) is 5.10 Å². The van der Waals surface area contributed by atoms with Crippen LogP contribution in [-0.4, -0.2) is 62.9 Å². The topological polar surface area (TPSA) is 61.6 Å². The highest BCUT2D eigenvalue weighted by Crippen LogP contribution is 2.23. The predicted octanol–water partition coefficient (Wildman–Crippen LogP) is 1.34. The number of carboxylic acids is 1. The van der Waals surface area contributed by atoms with Crippen LogP contribution in [0.3, 0.4) is 0 Å². The number of aromatic nitrogens is 2. The molecule has 118 valence electrons. The zero-order valence-corrected chi connectivity index (χ0v) is 14.4. The maximum absolute atomic E-state index is 11.0. The lowest BCUT2D eigenvalue weighted by atomic mass is 10.2. The second kappa shape index (κ2) is 6.89. The molecular weight excluding hydrogens is 336 g/mol. The van der Waals surface area contributed by atoms with Crippen LogP contribution in [-0.2, 0) is 24.8 Å². The Balaban J connectivity index is 1.95. The van der Waals surface area contributed by atoms with Crippen molar-refractivity contribution in [2.24, 2.45) is 7.05 Å². The van der Waals surface area contributed by atoms with E-state index in [0.717, 1.165) is 49.3 Å². The summed E-state index contributed by atoms with van der Waals surface area (Å²) in [5.74, 6) is -0.745. The van der Waals surface area contributed by atoms with Crippen LogP contribution in [0.4, 0.5) is 0 Å². The molecule has 2 rings (SSSR count). The van der Waals surface area contributed by atoms with Gasteiger partial charge in [-0.05, 0) is 29.3 Å². The number of carboxylic acid groups (broad SMARTS) is 1. The summed E-state index contributed by atoms with van der Waals surface area (Å²) in [5.41, 5.74) is 2.28. The van der Waals surface area contributed by atoms with E-state index >= 15 is 0 Å². The van der Waals surface area contributed by atoms with Gasteiger partial charge in [0.05, 0.1) is 15.9 Å². The van der Waals surface area contributed by atoms with Gasteiger partial charge in [-0.1, -0.05) is 6.92 Å². The minimum Gasteiger partial charge on any atom is -0.480 e. The van der Waals surface area contributed by atoms with Gasteiger partial charge in [0, 0.05) is 39.8 Å². The Bertz CT molecular complexity index is 509. The van der Waals surface area contributed by atoms with E-state index < -0.39 is 12.0 Å². The zero-order chi connectivity index (χ0) is 15.6. The van der Waals surface area contributed by atoms with Gasteiger partial charge in [0.1, 0.15) is 6.04 Å². The third-order valence-electron chi connectivity index (χ3n) is 4.19. The van der Waals surface area contributed by atoms with Crippen LogP contribution in [0, 0.1) is 0 Å². The highest BCUT2D eigenvalue weighted by atomic mass is 79.9. The number of aliphatic carboxylic acids is 1. The molecule has 1 atom stereocenters. The lowest BCUT2D eigenvalue weighted by Crippen LogP contribution is -2.51. The first-order chi connectivity index (χ1) is 9.93. The highest BCUT2D eigenvalue weighted by molar-refractivity contribution is 9.10. The number of aryl methyl sites for hydroxylation is 2. The van der Waals surface area contributed by atoms with E-state index in [0.29, 0.717) is 0 Å². The average molecular weight is 359 g/mol. The summed E-state index contributed by atoms with van der Waals surface area (Å²) < 4.78 is 3.05. The first kappa shape index (κ1) is 16.5. The molecule has 0 aliphatic carbocycles. The summed E-state index contributed by atoms with van der Waals surface area (Å²) in [5, 5.41) is 13.6. The number of rotatable bonds is 5. The molecule has 1 unspecified atom stereocenters. The molecule has 7 heteroatoms. The standard InChI is InChI=1S/C14H23BrN4O2/c1-4-11-13(15)12(17(3)16-11)9-18-5-7-19(8-6-18)10(2)14(20)21/h10H,4-9H2,1-3H3,(H,20,21). The van der Waals surface area contributed by atoms with E-state index in [-0.39, 0.29) is 0 Å². The number of carbonyl (C=O) groups is 1. The maximum atomic E-state index is 11.0. The first-order valence-corrected chi connectivity index (χ1v) is 8.12. The van der Waals surface area contributed by atoms with E-state index in [2.05, 4.69) is 32.9 Å². The number of hydrogen-bond acceptors (Lipinski definition) is 4. The molecule has 6 nitrogen and oxygen atoms in total. The van der Waals surface area contributed by atoms with Gasteiger partial charge >= 0.3 is 5.97 Å². The molecule has 0 bridgehead atoms. The lowest BCUT2D eigenvalue weighted by molar-refractivity contribution is -0.143. The summed E-state index contributed by atoms with van der Waals surface area (Å²) in [7, 11) is 1.97. The Kier molecular flexibility index (Phi) is 5.40. The van der Waals surface area contributed by atoms with E-state index in [1.54, 1.807) is 6.92 Å². The van der Waals surface area contributed by atoms with Crippen LogP contribution in [0.5, 0.6) is 0 Å². The molecule has 0 radical (unpaired) electrons. The van der Waals surface area contributed by atoms with Gasteiger partial charge in [-0.3, -0.25) is 19.3 Å². The van der Waals surface area contributed by atoms with Crippen molar-refractivity contribution in [1.29, 1.82) is 0 Å². The molecule has 1 N–H and O–H groups in total. The second-order valence-corrected chi connectivity index (χ2v) is 6.30. The summed E-state index contributed by atoms with van der Waals surface area (Å²) in [4.78, 5) is 15.4. The monoisotopic (exact) mass is 358 g/mol. The van der Waals surface area contributed by atoms with Crippen molar-refractivity contribution < 1.29 is 9.90 Å². The Morgan fingerprint density at radius 3 is 2.48 bits per heavy atom. The third-order valence-corrected chi connectivity index (χ3v) is 5.10. The molecule has 1 aliphatic heterocycles. The van der Waals surface area contributed by atoms with Crippen molar-refractivity contribution in [1.82, 2.24) is 19.6 Å². The fourth-order valence-corrected chi connectivity index (χ4v) is 3.41. The normalized spacial score (nSPS) is 18.9.